The van der Waals surface area contributed by atoms with Crippen LogP contribution in [0.3, 0.4) is 0 Å². The van der Waals surface area contributed by atoms with Gasteiger partial charge in [0, 0.05) is 22.8 Å². The van der Waals surface area contributed by atoms with Crippen molar-refractivity contribution in [2.24, 2.45) is 56.2 Å². The number of phenols is 1. The van der Waals surface area contributed by atoms with Gasteiger partial charge in [-0.05, 0) is 116 Å². The van der Waals surface area contributed by atoms with E-state index in [1.165, 1.54) is 6.08 Å². The molecule has 6 aliphatic rings. The van der Waals surface area contributed by atoms with Crippen LogP contribution in [0.1, 0.15) is 112 Å². The third-order valence-electron chi connectivity index (χ3n) is 15.5. The van der Waals surface area contributed by atoms with E-state index in [1.807, 2.05) is 0 Å². The molecule has 5 aliphatic carbocycles. The Morgan fingerprint density at radius 3 is 2.29 bits per heavy atom. The highest BCUT2D eigenvalue weighted by Crippen LogP contribution is 2.78. The summed E-state index contributed by atoms with van der Waals surface area (Å²) >= 11 is 0. The average Bonchev–Trinajstić information content (AvgIpc) is 3.22. The number of aliphatic hydroxyl groups excluding tert-OH is 1. The Labute approximate surface area is 269 Å². The molecule has 1 aromatic rings. The van der Waals surface area contributed by atoms with Crippen LogP contribution >= 0.6 is 0 Å². The quantitative estimate of drug-likeness (QED) is 0.266. The Morgan fingerprint density at radius 2 is 1.58 bits per heavy atom. The van der Waals surface area contributed by atoms with Crippen LogP contribution < -0.4 is 0 Å². The molecule has 6 nitrogen and oxygen atoms in total. The molecule has 45 heavy (non-hydrogen) atoms. The lowest BCUT2D eigenvalue weighted by Gasteiger charge is -2.73. The second kappa shape index (κ2) is 9.84. The Morgan fingerprint density at radius 1 is 0.889 bits per heavy atom. The lowest BCUT2D eigenvalue weighted by Crippen LogP contribution is -2.69. The molecular weight excluding hydrogens is 564 g/mol. The molecule has 11 unspecified atom stereocenters. The molecule has 0 aromatic heterocycles. The van der Waals surface area contributed by atoms with Gasteiger partial charge in [0.25, 0.3) is 0 Å². The molecule has 2 bridgehead atoms. The van der Waals surface area contributed by atoms with Gasteiger partial charge < -0.3 is 19.7 Å². The summed E-state index contributed by atoms with van der Waals surface area (Å²) in [6, 6.07) is 6.66. The van der Waals surface area contributed by atoms with Gasteiger partial charge in [0.1, 0.15) is 18.0 Å². The first-order valence-corrected chi connectivity index (χ1v) is 17.6. The van der Waals surface area contributed by atoms with Crippen molar-refractivity contribution < 1.29 is 29.3 Å². The number of esters is 2. The van der Waals surface area contributed by atoms with Crippen molar-refractivity contribution in [2.45, 2.75) is 125 Å². The maximum Gasteiger partial charge on any atom is 0.331 e. The summed E-state index contributed by atoms with van der Waals surface area (Å²) in [7, 11) is 0. The summed E-state index contributed by atoms with van der Waals surface area (Å²) in [4.78, 5) is 26.6. The molecule has 0 spiro atoms. The zero-order valence-electron chi connectivity index (χ0n) is 28.4. The maximum absolute atomic E-state index is 13.5. The minimum Gasteiger partial charge on any atom is -0.508 e. The molecule has 7 rings (SSSR count). The van der Waals surface area contributed by atoms with Gasteiger partial charge in [-0.3, -0.25) is 4.79 Å². The van der Waals surface area contributed by atoms with Gasteiger partial charge in [0.05, 0.1) is 11.5 Å². The fraction of sp³-hybridized carbons (Fsp3) is 0.744. The van der Waals surface area contributed by atoms with Crippen LogP contribution in [0.25, 0.3) is 6.08 Å². The number of aliphatic hydroxyl groups is 1. The second-order valence-electron chi connectivity index (χ2n) is 18.0. The Bertz CT molecular complexity index is 1410. The summed E-state index contributed by atoms with van der Waals surface area (Å²) in [5.74, 6) is 1.36. The number of ether oxygens (including phenoxy) is 2. The van der Waals surface area contributed by atoms with E-state index in [-0.39, 0.29) is 44.9 Å². The molecule has 0 radical (unpaired) electrons. The average molecular weight is 619 g/mol. The standard InChI is InChI=1S/C39H54O6/c1-34(2)18-20-39-21-19-37(6)25(30(39)32(34)45-33(39)43)13-14-28-36(5)22-26(41)31(35(3,4)27(36)16-17-38(28,37)7)44-29(42)15-10-23-8-11-24(40)12-9-23/h8-12,15,25-28,30-32,40-41H,13-14,16-22H2,1-7H3. The van der Waals surface area contributed by atoms with Gasteiger partial charge in [-0.15, -0.1) is 0 Å². The molecule has 6 fully saturated rings. The van der Waals surface area contributed by atoms with E-state index >= 15 is 0 Å². The van der Waals surface area contributed by atoms with Gasteiger partial charge in [-0.2, -0.15) is 0 Å². The van der Waals surface area contributed by atoms with E-state index in [0.29, 0.717) is 30.1 Å². The zero-order valence-corrected chi connectivity index (χ0v) is 28.4. The number of carbonyl (C=O) groups excluding carboxylic acids is 2. The fourth-order valence-corrected chi connectivity index (χ4v) is 13.1. The van der Waals surface area contributed by atoms with Crippen LogP contribution in [-0.4, -0.2) is 40.5 Å². The largest absolute Gasteiger partial charge is 0.508 e. The third kappa shape index (κ3) is 4.15. The summed E-state index contributed by atoms with van der Waals surface area (Å²) in [6.45, 7) is 16.6. The Hall–Kier alpha value is -2.34. The number of phenolic OH excluding ortho intramolecular Hbond substituents is 1. The van der Waals surface area contributed by atoms with Crippen molar-refractivity contribution in [1.29, 1.82) is 0 Å². The summed E-state index contributed by atoms with van der Waals surface area (Å²) in [5, 5.41) is 21.3. The van der Waals surface area contributed by atoms with E-state index in [0.717, 1.165) is 56.9 Å². The first-order valence-electron chi connectivity index (χ1n) is 17.6. The predicted molar refractivity (Wildman–Crippen MR) is 173 cm³/mol. The topological polar surface area (TPSA) is 93.1 Å². The number of carbonyl (C=O) groups is 2. The van der Waals surface area contributed by atoms with Crippen molar-refractivity contribution in [3.05, 3.63) is 35.9 Å². The lowest BCUT2D eigenvalue weighted by atomic mass is 9.31. The molecule has 6 heteroatoms. The van der Waals surface area contributed by atoms with E-state index < -0.39 is 23.6 Å². The first kappa shape index (κ1) is 31.3. The monoisotopic (exact) mass is 618 g/mol. The van der Waals surface area contributed by atoms with Crippen LogP contribution in [0.15, 0.2) is 30.3 Å². The molecule has 0 amide bonds. The highest BCUT2D eigenvalue weighted by molar-refractivity contribution is 5.87. The lowest BCUT2D eigenvalue weighted by molar-refractivity contribution is -0.268. The van der Waals surface area contributed by atoms with Crippen LogP contribution in [0.2, 0.25) is 0 Å². The molecule has 1 aromatic carbocycles. The molecule has 2 N–H and O–H groups in total. The smallest absolute Gasteiger partial charge is 0.331 e. The first-order chi connectivity index (χ1) is 21.0. The molecule has 1 saturated heterocycles. The number of aromatic hydroxyl groups is 1. The third-order valence-corrected chi connectivity index (χ3v) is 15.5. The number of rotatable bonds is 3. The molecule has 1 heterocycles. The Kier molecular flexibility index (Phi) is 6.84. The van der Waals surface area contributed by atoms with Gasteiger partial charge in [-0.25, -0.2) is 4.79 Å². The van der Waals surface area contributed by atoms with Crippen LogP contribution in [0.5, 0.6) is 5.75 Å². The molecular formula is C39H54O6. The predicted octanol–water partition coefficient (Wildman–Crippen LogP) is 7.70. The summed E-state index contributed by atoms with van der Waals surface area (Å²) in [6.07, 6.45) is 10.9. The summed E-state index contributed by atoms with van der Waals surface area (Å²) < 4.78 is 12.4. The van der Waals surface area contributed by atoms with Crippen LogP contribution in [0, 0.1) is 56.2 Å². The number of hydrogen-bond acceptors (Lipinski definition) is 6. The summed E-state index contributed by atoms with van der Waals surface area (Å²) in [5.41, 5.74) is 0.256. The molecule has 246 valence electrons. The van der Waals surface area contributed by atoms with E-state index in [9.17, 15) is 19.8 Å². The highest BCUT2D eigenvalue weighted by Gasteiger charge is 2.75. The van der Waals surface area contributed by atoms with Crippen molar-refractivity contribution in [2.75, 3.05) is 0 Å². The highest BCUT2D eigenvalue weighted by atomic mass is 16.6. The van der Waals surface area contributed by atoms with Crippen molar-refractivity contribution in [3.63, 3.8) is 0 Å². The van der Waals surface area contributed by atoms with Gasteiger partial charge >= 0.3 is 11.9 Å². The fourth-order valence-electron chi connectivity index (χ4n) is 13.1. The SMILES string of the molecule is CC1(C)CCC23CCC4(C)C(CCC5C6(C)CC(O)C(OC(=O)C=Cc7ccc(O)cc7)C(C)(C)C6CCC54C)C2C1OC3=O. The molecule has 5 saturated carbocycles. The van der Waals surface area contributed by atoms with Crippen molar-refractivity contribution >= 4 is 18.0 Å². The number of hydrogen-bond donors (Lipinski definition) is 2. The normalized spacial score (nSPS) is 47.6. The van der Waals surface area contributed by atoms with Gasteiger partial charge in [0.15, 0.2) is 0 Å². The van der Waals surface area contributed by atoms with Gasteiger partial charge in [0.2, 0.25) is 0 Å². The second-order valence-corrected chi connectivity index (χ2v) is 18.0. The number of benzene rings is 1. The van der Waals surface area contributed by atoms with E-state index in [2.05, 4.69) is 48.5 Å². The van der Waals surface area contributed by atoms with Crippen LogP contribution in [0.4, 0.5) is 0 Å². The van der Waals surface area contributed by atoms with Crippen molar-refractivity contribution in [1.82, 2.24) is 0 Å². The minimum atomic E-state index is -0.740. The molecule has 11 atom stereocenters. The molecule has 1 aliphatic heterocycles. The minimum absolute atomic E-state index is 0.0170. The van der Waals surface area contributed by atoms with Crippen molar-refractivity contribution in [3.8, 4) is 5.75 Å². The maximum atomic E-state index is 13.5. The Balaban J connectivity index is 1.15. The zero-order chi connectivity index (χ0) is 32.4. The number of fused-ring (bicyclic) bond motifs is 5. The van der Waals surface area contributed by atoms with E-state index in [1.54, 1.807) is 30.3 Å². The van der Waals surface area contributed by atoms with E-state index in [4.69, 9.17) is 9.47 Å². The van der Waals surface area contributed by atoms with Crippen LogP contribution in [-0.2, 0) is 19.1 Å². The van der Waals surface area contributed by atoms with Gasteiger partial charge in [-0.1, -0.05) is 60.6 Å².